The second-order valence-corrected chi connectivity index (χ2v) is 10.5. The number of pyridine rings is 1. The largest absolute Gasteiger partial charge is 0.344 e. The van der Waals surface area contributed by atoms with Crippen LogP contribution in [-0.2, 0) is 19.1 Å². The highest BCUT2D eigenvalue weighted by molar-refractivity contribution is 7.99. The van der Waals surface area contributed by atoms with Crippen LogP contribution >= 0.6 is 11.8 Å². The number of hydrogen-bond acceptors (Lipinski definition) is 7. The summed E-state index contributed by atoms with van der Waals surface area (Å²) in [4.78, 5) is 27.8. The molecule has 9 heteroatoms. The van der Waals surface area contributed by atoms with Crippen LogP contribution in [0.4, 0.5) is 5.69 Å². The minimum atomic E-state index is -0.518. The Balaban J connectivity index is 1.30. The van der Waals surface area contributed by atoms with Crippen molar-refractivity contribution >= 4 is 29.3 Å². The summed E-state index contributed by atoms with van der Waals surface area (Å²) in [5.74, 6) is 0.342. The predicted octanol–water partition coefficient (Wildman–Crippen LogP) is 6.20. The standard InChI is InChI=1S/C30H35N3O5S/c34-27(12-6-1-2-7-13-28(35)33-36)32-24-17-15-23(16-18-24)30-37-25(21-39-29-14-8-9-19-31-29)20-26(38-30)22-10-4-3-5-11-22/h3-5,8-11,14-19,25-26,30,36H,1-2,6-7,12-13,20-21H2,(H,32,34)(H,33,35). The lowest BCUT2D eigenvalue weighted by atomic mass is 10.0. The Kier molecular flexibility index (Phi) is 11.3. The second kappa shape index (κ2) is 15.4. The van der Waals surface area contributed by atoms with E-state index in [-0.39, 0.29) is 24.0 Å². The van der Waals surface area contributed by atoms with Gasteiger partial charge < -0.3 is 14.8 Å². The molecule has 2 heterocycles. The van der Waals surface area contributed by atoms with Gasteiger partial charge in [-0.2, -0.15) is 0 Å². The van der Waals surface area contributed by atoms with Crippen LogP contribution in [0.5, 0.6) is 0 Å². The van der Waals surface area contributed by atoms with Crippen LogP contribution < -0.4 is 10.8 Å². The van der Waals surface area contributed by atoms with Gasteiger partial charge in [0.2, 0.25) is 11.8 Å². The number of benzene rings is 2. The number of hydrogen-bond donors (Lipinski definition) is 3. The van der Waals surface area contributed by atoms with Gasteiger partial charge in [0.05, 0.1) is 17.2 Å². The first kappa shape index (κ1) is 28.8. The first-order valence-electron chi connectivity index (χ1n) is 13.3. The van der Waals surface area contributed by atoms with Crippen LogP contribution in [0.3, 0.4) is 0 Å². The van der Waals surface area contributed by atoms with Crippen LogP contribution in [0, 0.1) is 0 Å². The summed E-state index contributed by atoms with van der Waals surface area (Å²) in [6.07, 6.45) is 5.75. The van der Waals surface area contributed by atoms with Crippen LogP contribution in [-0.4, -0.2) is 33.9 Å². The van der Waals surface area contributed by atoms with Crippen LogP contribution in [0.2, 0.25) is 0 Å². The highest BCUT2D eigenvalue weighted by Crippen LogP contribution is 2.39. The topological polar surface area (TPSA) is 110 Å². The van der Waals surface area contributed by atoms with E-state index in [1.165, 1.54) is 0 Å². The zero-order valence-corrected chi connectivity index (χ0v) is 22.6. The quantitative estimate of drug-likeness (QED) is 0.101. The predicted molar refractivity (Wildman–Crippen MR) is 150 cm³/mol. The molecule has 2 amide bonds. The van der Waals surface area contributed by atoms with Crippen molar-refractivity contribution in [2.75, 3.05) is 11.1 Å². The lowest BCUT2D eigenvalue weighted by Crippen LogP contribution is -2.31. The molecular formula is C30H35N3O5S. The minimum Gasteiger partial charge on any atom is -0.344 e. The van der Waals surface area contributed by atoms with Gasteiger partial charge in [-0.15, -0.1) is 11.8 Å². The van der Waals surface area contributed by atoms with Gasteiger partial charge in [-0.1, -0.05) is 61.4 Å². The minimum absolute atomic E-state index is 0.0154. The number of thioether (sulfide) groups is 1. The van der Waals surface area contributed by atoms with Crippen molar-refractivity contribution in [2.24, 2.45) is 0 Å². The van der Waals surface area contributed by atoms with Gasteiger partial charge in [0.1, 0.15) is 0 Å². The van der Waals surface area contributed by atoms with Crippen molar-refractivity contribution in [3.8, 4) is 0 Å². The Hall–Kier alpha value is -3.24. The number of rotatable bonds is 13. The molecule has 1 aliphatic rings. The van der Waals surface area contributed by atoms with Crippen molar-refractivity contribution < 1.29 is 24.3 Å². The number of unbranched alkanes of at least 4 members (excludes halogenated alkanes) is 3. The number of nitrogens with zero attached hydrogens (tertiary/aromatic N) is 1. The summed E-state index contributed by atoms with van der Waals surface area (Å²) in [7, 11) is 0. The van der Waals surface area contributed by atoms with Crippen LogP contribution in [0.1, 0.15) is 68.5 Å². The summed E-state index contributed by atoms with van der Waals surface area (Å²) in [6, 6.07) is 23.7. The molecule has 0 radical (unpaired) electrons. The third-order valence-corrected chi connectivity index (χ3v) is 7.53. The smallest absolute Gasteiger partial charge is 0.243 e. The molecule has 3 atom stereocenters. The number of carbonyl (C=O) groups is 2. The normalized spacial score (nSPS) is 18.8. The van der Waals surface area contributed by atoms with Crippen molar-refractivity contribution in [1.29, 1.82) is 0 Å². The number of hydroxylamine groups is 1. The highest BCUT2D eigenvalue weighted by Gasteiger charge is 2.32. The van der Waals surface area contributed by atoms with E-state index in [2.05, 4.69) is 22.4 Å². The molecule has 0 aliphatic carbocycles. The molecule has 8 nitrogen and oxygen atoms in total. The molecule has 3 unspecified atom stereocenters. The molecule has 39 heavy (non-hydrogen) atoms. The Bertz CT molecular complexity index is 1160. The summed E-state index contributed by atoms with van der Waals surface area (Å²) < 4.78 is 12.8. The maximum atomic E-state index is 12.4. The molecule has 1 aromatic heterocycles. The Morgan fingerprint density at radius 3 is 2.26 bits per heavy atom. The molecular weight excluding hydrogens is 514 g/mol. The fourth-order valence-corrected chi connectivity index (χ4v) is 5.27. The third kappa shape index (κ3) is 9.47. The zero-order chi connectivity index (χ0) is 27.3. The number of aromatic nitrogens is 1. The van der Waals surface area contributed by atoms with Gasteiger partial charge >= 0.3 is 0 Å². The molecule has 3 aromatic rings. The van der Waals surface area contributed by atoms with Crippen molar-refractivity contribution in [1.82, 2.24) is 10.5 Å². The average Bonchev–Trinajstić information content (AvgIpc) is 2.99. The van der Waals surface area contributed by atoms with E-state index in [0.29, 0.717) is 19.3 Å². The molecule has 0 saturated carbocycles. The second-order valence-electron chi connectivity index (χ2n) is 9.46. The fourth-order valence-electron chi connectivity index (χ4n) is 4.39. The molecule has 3 N–H and O–H groups in total. The van der Waals surface area contributed by atoms with Gasteiger partial charge in [-0.25, -0.2) is 10.5 Å². The van der Waals surface area contributed by atoms with E-state index in [4.69, 9.17) is 14.7 Å². The molecule has 1 saturated heterocycles. The average molecular weight is 550 g/mol. The maximum absolute atomic E-state index is 12.4. The van der Waals surface area contributed by atoms with Gasteiger partial charge in [0, 0.05) is 42.5 Å². The van der Waals surface area contributed by atoms with Crippen LogP contribution in [0.25, 0.3) is 0 Å². The number of carbonyl (C=O) groups excluding carboxylic acids is 2. The summed E-state index contributed by atoms with van der Waals surface area (Å²) in [5, 5.41) is 12.4. The number of amides is 2. The Labute approximate surface area is 233 Å². The Morgan fingerprint density at radius 2 is 1.56 bits per heavy atom. The van der Waals surface area contributed by atoms with E-state index in [1.807, 2.05) is 60.7 Å². The van der Waals surface area contributed by atoms with E-state index in [1.54, 1.807) is 23.4 Å². The third-order valence-electron chi connectivity index (χ3n) is 6.46. The summed E-state index contributed by atoms with van der Waals surface area (Å²) in [6.45, 7) is 0. The number of nitrogens with one attached hydrogen (secondary N) is 2. The highest BCUT2D eigenvalue weighted by atomic mass is 32.2. The van der Waals surface area contributed by atoms with Crippen molar-refractivity contribution in [3.63, 3.8) is 0 Å². The van der Waals surface area contributed by atoms with Gasteiger partial charge in [0.15, 0.2) is 6.29 Å². The Morgan fingerprint density at radius 1 is 0.846 bits per heavy atom. The van der Waals surface area contributed by atoms with Gasteiger partial charge in [-0.3, -0.25) is 14.8 Å². The van der Waals surface area contributed by atoms with Gasteiger partial charge in [0.25, 0.3) is 0 Å². The molecule has 2 aromatic carbocycles. The SMILES string of the molecule is O=C(CCCCCCC(=O)Nc1ccc(C2OC(CSc3ccccn3)CC(c3ccccc3)O2)cc1)NO. The van der Waals surface area contributed by atoms with E-state index >= 15 is 0 Å². The zero-order valence-electron chi connectivity index (χ0n) is 21.8. The molecule has 4 rings (SSSR count). The summed E-state index contributed by atoms with van der Waals surface area (Å²) >= 11 is 1.68. The summed E-state index contributed by atoms with van der Waals surface area (Å²) in [5.41, 5.74) is 4.37. The lowest BCUT2D eigenvalue weighted by molar-refractivity contribution is -0.245. The maximum Gasteiger partial charge on any atom is 0.243 e. The fraction of sp³-hybridized carbons (Fsp3) is 0.367. The number of ether oxygens (including phenoxy) is 2. The lowest BCUT2D eigenvalue weighted by Gasteiger charge is -2.36. The first-order valence-corrected chi connectivity index (χ1v) is 14.3. The molecule has 1 fully saturated rings. The van der Waals surface area contributed by atoms with Crippen molar-refractivity contribution in [2.45, 2.75) is 68.5 Å². The van der Waals surface area contributed by atoms with E-state index < -0.39 is 6.29 Å². The van der Waals surface area contributed by atoms with Crippen molar-refractivity contribution in [3.05, 3.63) is 90.1 Å². The van der Waals surface area contributed by atoms with E-state index in [0.717, 1.165) is 53.3 Å². The molecule has 1 aliphatic heterocycles. The molecule has 0 bridgehead atoms. The molecule has 206 valence electrons. The van der Waals surface area contributed by atoms with E-state index in [9.17, 15) is 9.59 Å². The monoisotopic (exact) mass is 549 g/mol. The molecule has 0 spiro atoms. The number of anilines is 1. The first-order chi connectivity index (χ1) is 19.1. The van der Waals surface area contributed by atoms with Gasteiger partial charge in [-0.05, 0) is 42.7 Å². The van der Waals surface area contributed by atoms with Crippen LogP contribution in [0.15, 0.2) is 84.0 Å².